The van der Waals surface area contributed by atoms with Gasteiger partial charge in [0.25, 0.3) is 0 Å². The van der Waals surface area contributed by atoms with Gasteiger partial charge in [0, 0.05) is 7.05 Å². The Morgan fingerprint density at radius 1 is 1.29 bits per heavy atom. The molecule has 0 aliphatic carbocycles. The number of hydrogen-bond acceptors (Lipinski definition) is 4. The Bertz CT molecular complexity index is 402. The van der Waals surface area contributed by atoms with Gasteiger partial charge in [0.2, 0.25) is 0 Å². The molecule has 0 radical (unpaired) electrons. The third-order valence-electron chi connectivity index (χ3n) is 1.89. The van der Waals surface area contributed by atoms with Gasteiger partial charge in [-0.3, -0.25) is 0 Å². The molecule has 0 atom stereocenters. The monoisotopic (exact) mass is 234 g/mol. The molecule has 0 aromatic heterocycles. The highest BCUT2D eigenvalue weighted by molar-refractivity contribution is 5.91. The second-order valence-electron chi connectivity index (χ2n) is 4.61. The predicted octanol–water partition coefficient (Wildman–Crippen LogP) is 2.20. The number of ether oxygens (including phenoxy) is 1. The minimum Gasteiger partial charge on any atom is -0.456 e. The van der Waals surface area contributed by atoms with Crippen molar-refractivity contribution in [3.8, 4) is 0 Å². The van der Waals surface area contributed by atoms with E-state index in [0.29, 0.717) is 5.56 Å². The first-order chi connectivity index (χ1) is 7.92. The number of hydrogen-bond donors (Lipinski definition) is 1. The smallest absolute Gasteiger partial charge is 0.338 e. The average molecular weight is 234 g/mol. The maximum Gasteiger partial charge on any atom is 0.338 e. The second kappa shape index (κ2) is 5.48. The van der Waals surface area contributed by atoms with Gasteiger partial charge in [0.1, 0.15) is 5.60 Å². The third kappa shape index (κ3) is 4.68. The molecule has 0 aliphatic heterocycles. The first-order valence-electron chi connectivity index (χ1n) is 5.45. The van der Waals surface area contributed by atoms with Gasteiger partial charge < -0.3 is 10.2 Å². The summed E-state index contributed by atoms with van der Waals surface area (Å²) in [5.74, 6) is -0.311. The van der Waals surface area contributed by atoms with Crippen molar-refractivity contribution in [2.45, 2.75) is 26.4 Å². The van der Waals surface area contributed by atoms with E-state index in [9.17, 15) is 4.79 Å². The molecule has 0 saturated carbocycles. The summed E-state index contributed by atoms with van der Waals surface area (Å²) < 4.78 is 5.26. The fourth-order valence-electron chi connectivity index (χ4n) is 1.18. The minimum atomic E-state index is -0.469. The molecule has 1 N–H and O–H groups in total. The molecule has 0 bridgehead atoms. The molecule has 1 aromatic rings. The number of nitrogens with zero attached hydrogens (tertiary/aromatic N) is 1. The van der Waals surface area contributed by atoms with Gasteiger partial charge in [-0.25, -0.2) is 4.79 Å². The summed E-state index contributed by atoms with van der Waals surface area (Å²) in [5.41, 5.74) is 3.66. The van der Waals surface area contributed by atoms with Crippen LogP contribution in [0.2, 0.25) is 0 Å². The van der Waals surface area contributed by atoms with Gasteiger partial charge in [-0.15, -0.1) is 0 Å². The summed E-state index contributed by atoms with van der Waals surface area (Å²) in [6.45, 7) is 5.54. The molecule has 0 unspecified atom stereocenters. The van der Waals surface area contributed by atoms with Crippen LogP contribution in [0.3, 0.4) is 0 Å². The topological polar surface area (TPSA) is 50.7 Å². The number of rotatable bonds is 3. The van der Waals surface area contributed by atoms with E-state index in [-0.39, 0.29) is 5.97 Å². The Hall–Kier alpha value is -1.84. The van der Waals surface area contributed by atoms with E-state index < -0.39 is 5.60 Å². The van der Waals surface area contributed by atoms with Crippen LogP contribution in [0, 0.1) is 0 Å². The van der Waals surface area contributed by atoms with Crippen molar-refractivity contribution < 1.29 is 9.53 Å². The number of carbonyl (C=O) groups excluding carboxylic acids is 1. The average Bonchev–Trinajstić information content (AvgIpc) is 2.24. The van der Waals surface area contributed by atoms with Gasteiger partial charge >= 0.3 is 5.97 Å². The van der Waals surface area contributed by atoms with E-state index in [1.54, 1.807) is 25.4 Å². The van der Waals surface area contributed by atoms with Crippen molar-refractivity contribution in [2.75, 3.05) is 7.05 Å². The second-order valence-corrected chi connectivity index (χ2v) is 4.61. The van der Waals surface area contributed by atoms with Crippen molar-refractivity contribution >= 4 is 12.2 Å². The number of hydrazone groups is 1. The predicted molar refractivity (Wildman–Crippen MR) is 68.3 cm³/mol. The summed E-state index contributed by atoms with van der Waals surface area (Å²) >= 11 is 0. The molecule has 1 rings (SSSR count). The van der Waals surface area contributed by atoms with Crippen LogP contribution in [-0.4, -0.2) is 24.8 Å². The van der Waals surface area contributed by atoms with E-state index in [2.05, 4.69) is 10.5 Å². The highest BCUT2D eigenvalue weighted by Gasteiger charge is 2.17. The highest BCUT2D eigenvalue weighted by Crippen LogP contribution is 2.12. The van der Waals surface area contributed by atoms with Crippen LogP contribution < -0.4 is 5.43 Å². The molecule has 0 amide bonds. The Morgan fingerprint density at radius 2 is 1.88 bits per heavy atom. The molecular weight excluding hydrogens is 216 g/mol. The molecule has 92 valence electrons. The third-order valence-corrected chi connectivity index (χ3v) is 1.89. The largest absolute Gasteiger partial charge is 0.456 e. The lowest BCUT2D eigenvalue weighted by molar-refractivity contribution is 0.00696. The minimum absolute atomic E-state index is 0.311. The van der Waals surface area contributed by atoms with E-state index in [4.69, 9.17) is 4.74 Å². The van der Waals surface area contributed by atoms with Gasteiger partial charge in [-0.2, -0.15) is 5.10 Å². The van der Waals surface area contributed by atoms with Crippen LogP contribution in [0.25, 0.3) is 0 Å². The molecule has 0 spiro atoms. The molecule has 4 nitrogen and oxygen atoms in total. The summed E-state index contributed by atoms with van der Waals surface area (Å²) in [4.78, 5) is 11.7. The summed E-state index contributed by atoms with van der Waals surface area (Å²) in [5, 5.41) is 3.88. The Labute approximate surface area is 102 Å². The van der Waals surface area contributed by atoms with Crippen molar-refractivity contribution in [3.63, 3.8) is 0 Å². The molecule has 0 aliphatic rings. The number of esters is 1. The van der Waals surface area contributed by atoms with E-state index in [1.807, 2.05) is 32.9 Å². The zero-order valence-corrected chi connectivity index (χ0v) is 10.7. The quantitative estimate of drug-likeness (QED) is 0.495. The summed E-state index contributed by atoms with van der Waals surface area (Å²) in [7, 11) is 1.73. The Kier molecular flexibility index (Phi) is 4.26. The van der Waals surface area contributed by atoms with Gasteiger partial charge in [0.05, 0.1) is 11.8 Å². The van der Waals surface area contributed by atoms with Crippen molar-refractivity contribution in [2.24, 2.45) is 5.10 Å². The zero-order chi connectivity index (χ0) is 12.9. The van der Waals surface area contributed by atoms with Gasteiger partial charge in [-0.05, 0) is 38.5 Å². The molecule has 0 fully saturated rings. The van der Waals surface area contributed by atoms with E-state index >= 15 is 0 Å². The van der Waals surface area contributed by atoms with Crippen LogP contribution in [0.15, 0.2) is 29.4 Å². The first-order valence-corrected chi connectivity index (χ1v) is 5.45. The highest BCUT2D eigenvalue weighted by atomic mass is 16.6. The van der Waals surface area contributed by atoms with Crippen LogP contribution in [0.4, 0.5) is 0 Å². The molecule has 17 heavy (non-hydrogen) atoms. The lowest BCUT2D eigenvalue weighted by atomic mass is 10.1. The van der Waals surface area contributed by atoms with Crippen LogP contribution in [-0.2, 0) is 4.74 Å². The fourth-order valence-corrected chi connectivity index (χ4v) is 1.18. The molecule has 1 aromatic carbocycles. The maximum absolute atomic E-state index is 11.7. The normalized spacial score (nSPS) is 11.5. The fraction of sp³-hybridized carbons (Fsp3) is 0.385. The number of carbonyl (C=O) groups is 1. The van der Waals surface area contributed by atoms with E-state index in [1.165, 1.54) is 0 Å². The lowest BCUT2D eigenvalue weighted by Crippen LogP contribution is -2.23. The van der Waals surface area contributed by atoms with Crippen molar-refractivity contribution in [3.05, 3.63) is 35.4 Å². The number of nitrogens with one attached hydrogen (secondary N) is 1. The van der Waals surface area contributed by atoms with Crippen molar-refractivity contribution in [1.82, 2.24) is 5.43 Å². The zero-order valence-electron chi connectivity index (χ0n) is 10.7. The van der Waals surface area contributed by atoms with Crippen LogP contribution >= 0.6 is 0 Å². The van der Waals surface area contributed by atoms with Crippen LogP contribution in [0.5, 0.6) is 0 Å². The number of benzene rings is 1. The Balaban J connectivity index is 2.74. The molecule has 4 heteroatoms. The maximum atomic E-state index is 11.7. The van der Waals surface area contributed by atoms with Gasteiger partial charge in [-0.1, -0.05) is 12.1 Å². The summed E-state index contributed by atoms with van der Waals surface area (Å²) in [6.07, 6.45) is 1.68. The summed E-state index contributed by atoms with van der Waals surface area (Å²) in [6, 6.07) is 7.09. The lowest BCUT2D eigenvalue weighted by Gasteiger charge is -2.19. The van der Waals surface area contributed by atoms with E-state index in [0.717, 1.165) is 5.56 Å². The Morgan fingerprint density at radius 3 is 2.35 bits per heavy atom. The first kappa shape index (κ1) is 13.2. The molecule has 0 heterocycles. The van der Waals surface area contributed by atoms with Gasteiger partial charge in [0.15, 0.2) is 0 Å². The molecule has 0 saturated heterocycles. The standard InChI is InChI=1S/C13H18N2O2/c1-13(2,3)17-12(16)11-7-5-10(6-8-11)9-15-14-4/h5-9,14H,1-4H3. The van der Waals surface area contributed by atoms with Crippen LogP contribution in [0.1, 0.15) is 36.7 Å². The van der Waals surface area contributed by atoms with Crippen molar-refractivity contribution in [1.29, 1.82) is 0 Å². The molecular formula is C13H18N2O2. The SMILES string of the molecule is CNN=Cc1ccc(C(=O)OC(C)(C)C)cc1.